The number of rotatable bonds is 4. The van der Waals surface area contributed by atoms with Gasteiger partial charge in [0.25, 0.3) is 17.7 Å². The van der Waals surface area contributed by atoms with Crippen LogP contribution in [0.3, 0.4) is 0 Å². The number of nitrogens with one attached hydrogen (secondary N) is 1. The van der Waals surface area contributed by atoms with Crippen molar-refractivity contribution in [2.24, 2.45) is 0 Å². The first kappa shape index (κ1) is 20.2. The molecule has 0 fully saturated rings. The number of hydrogen-bond acceptors (Lipinski definition) is 5. The van der Waals surface area contributed by atoms with Gasteiger partial charge in [0.2, 0.25) is 0 Å². The van der Waals surface area contributed by atoms with Gasteiger partial charge in [0.1, 0.15) is 5.82 Å². The summed E-state index contributed by atoms with van der Waals surface area (Å²) in [6.07, 6.45) is 0. The lowest BCUT2D eigenvalue weighted by Crippen LogP contribution is -2.42. The normalized spacial score (nSPS) is 13.3. The van der Waals surface area contributed by atoms with E-state index >= 15 is 0 Å². The van der Waals surface area contributed by atoms with Crippen LogP contribution in [0.25, 0.3) is 0 Å². The molecule has 0 radical (unpaired) electrons. The maximum atomic E-state index is 13.1. The maximum absolute atomic E-state index is 13.1. The molecule has 8 heteroatoms. The fourth-order valence-corrected chi connectivity index (χ4v) is 2.86. The van der Waals surface area contributed by atoms with Gasteiger partial charge in [-0.3, -0.25) is 14.4 Å². The first-order chi connectivity index (χ1) is 13.6. The van der Waals surface area contributed by atoms with Crippen molar-refractivity contribution in [1.82, 2.24) is 5.32 Å². The molecule has 7 nitrogen and oxygen atoms in total. The quantitative estimate of drug-likeness (QED) is 0.631. The van der Waals surface area contributed by atoms with Gasteiger partial charge in [0.05, 0.1) is 22.4 Å². The molecule has 0 aliphatic carbocycles. The van der Waals surface area contributed by atoms with Crippen LogP contribution in [0.2, 0.25) is 0 Å². The van der Waals surface area contributed by atoms with Crippen molar-refractivity contribution < 1.29 is 28.3 Å². The molecule has 0 saturated carbocycles. The van der Waals surface area contributed by atoms with Gasteiger partial charge in [-0.05, 0) is 63.2 Å². The molecule has 2 aromatic rings. The fraction of sp³-hybridized carbons (Fsp3) is 0.238. The molecule has 1 aliphatic heterocycles. The minimum Gasteiger partial charge on any atom is -0.452 e. The van der Waals surface area contributed by atoms with Crippen molar-refractivity contribution in [1.29, 1.82) is 0 Å². The molecule has 3 rings (SSSR count). The highest BCUT2D eigenvalue weighted by Crippen LogP contribution is 2.29. The van der Waals surface area contributed by atoms with E-state index in [0.717, 1.165) is 17.0 Å². The summed E-state index contributed by atoms with van der Waals surface area (Å²) >= 11 is 0. The maximum Gasteiger partial charge on any atom is 0.338 e. The number of carbonyl (C=O) groups excluding carboxylic acids is 4. The van der Waals surface area contributed by atoms with E-state index in [0.29, 0.717) is 0 Å². The molecule has 0 unspecified atom stereocenters. The van der Waals surface area contributed by atoms with Crippen LogP contribution in [0.15, 0.2) is 42.5 Å². The zero-order valence-corrected chi connectivity index (χ0v) is 16.1. The Balaban J connectivity index is 1.76. The zero-order valence-electron chi connectivity index (χ0n) is 16.1. The lowest BCUT2D eigenvalue weighted by molar-refractivity contribution is -0.125. The van der Waals surface area contributed by atoms with Crippen molar-refractivity contribution in [3.8, 4) is 0 Å². The number of nitrogens with zero attached hydrogens (tertiary/aromatic N) is 1. The Kier molecular flexibility index (Phi) is 5.19. The topological polar surface area (TPSA) is 92.8 Å². The third kappa shape index (κ3) is 4.31. The van der Waals surface area contributed by atoms with Crippen molar-refractivity contribution in [3.05, 3.63) is 65.0 Å². The Morgan fingerprint density at radius 2 is 1.62 bits per heavy atom. The van der Waals surface area contributed by atoms with Crippen LogP contribution in [0, 0.1) is 5.82 Å². The number of benzene rings is 2. The molecule has 0 spiro atoms. The molecule has 150 valence electrons. The van der Waals surface area contributed by atoms with Gasteiger partial charge in [-0.1, -0.05) is 0 Å². The highest BCUT2D eigenvalue weighted by molar-refractivity contribution is 6.34. The van der Waals surface area contributed by atoms with Gasteiger partial charge in [-0.15, -0.1) is 0 Å². The van der Waals surface area contributed by atoms with E-state index in [1.54, 1.807) is 20.8 Å². The Labute approximate surface area is 166 Å². The molecule has 0 saturated heterocycles. The average molecular weight is 398 g/mol. The lowest BCUT2D eigenvalue weighted by Gasteiger charge is -2.20. The smallest absolute Gasteiger partial charge is 0.338 e. The monoisotopic (exact) mass is 398 g/mol. The molecule has 1 N–H and O–H groups in total. The summed E-state index contributed by atoms with van der Waals surface area (Å²) in [4.78, 5) is 50.2. The summed E-state index contributed by atoms with van der Waals surface area (Å²) in [6.45, 7) is 4.91. The second-order valence-electron chi connectivity index (χ2n) is 7.56. The third-order valence-corrected chi connectivity index (χ3v) is 4.06. The Morgan fingerprint density at radius 3 is 2.24 bits per heavy atom. The second kappa shape index (κ2) is 7.46. The van der Waals surface area contributed by atoms with Crippen LogP contribution >= 0.6 is 0 Å². The summed E-state index contributed by atoms with van der Waals surface area (Å²) in [5.41, 5.74) is -0.0440. The van der Waals surface area contributed by atoms with Crippen molar-refractivity contribution in [3.63, 3.8) is 0 Å². The predicted octanol–water partition coefficient (Wildman–Crippen LogP) is 2.70. The van der Waals surface area contributed by atoms with Crippen LogP contribution < -0.4 is 10.2 Å². The van der Waals surface area contributed by atoms with Crippen LogP contribution in [0.4, 0.5) is 10.1 Å². The number of amides is 3. The van der Waals surface area contributed by atoms with E-state index in [2.05, 4.69) is 5.32 Å². The lowest BCUT2D eigenvalue weighted by atomic mass is 10.1. The Morgan fingerprint density at radius 1 is 1.00 bits per heavy atom. The third-order valence-electron chi connectivity index (χ3n) is 4.06. The van der Waals surface area contributed by atoms with Crippen molar-refractivity contribution in [2.75, 3.05) is 11.5 Å². The molecule has 0 atom stereocenters. The molecule has 0 aromatic heterocycles. The highest BCUT2D eigenvalue weighted by Gasteiger charge is 2.37. The summed E-state index contributed by atoms with van der Waals surface area (Å²) in [5.74, 6) is -2.94. The first-order valence-electron chi connectivity index (χ1n) is 8.83. The first-order valence-corrected chi connectivity index (χ1v) is 8.83. The van der Waals surface area contributed by atoms with Crippen LogP contribution in [0.5, 0.6) is 0 Å². The van der Waals surface area contributed by atoms with Gasteiger partial charge >= 0.3 is 5.97 Å². The Bertz CT molecular complexity index is 1010. The molecular formula is C21H19FN2O5. The van der Waals surface area contributed by atoms with E-state index in [9.17, 15) is 23.6 Å². The summed E-state index contributed by atoms with van der Waals surface area (Å²) < 4.78 is 18.1. The average Bonchev–Trinajstić information content (AvgIpc) is 2.89. The predicted molar refractivity (Wildman–Crippen MR) is 102 cm³/mol. The molecule has 3 amide bonds. The van der Waals surface area contributed by atoms with E-state index in [1.807, 2.05) is 0 Å². The number of anilines is 1. The number of hydrogen-bond donors (Lipinski definition) is 1. The highest BCUT2D eigenvalue weighted by atomic mass is 19.1. The molecular weight excluding hydrogens is 379 g/mol. The molecule has 1 aliphatic rings. The van der Waals surface area contributed by atoms with Gasteiger partial charge in [0.15, 0.2) is 6.61 Å². The van der Waals surface area contributed by atoms with Crippen LogP contribution in [0.1, 0.15) is 51.8 Å². The summed E-state index contributed by atoms with van der Waals surface area (Å²) in [5, 5.41) is 2.66. The van der Waals surface area contributed by atoms with Crippen molar-refractivity contribution in [2.45, 2.75) is 26.3 Å². The van der Waals surface area contributed by atoms with E-state index < -0.39 is 41.7 Å². The van der Waals surface area contributed by atoms with Gasteiger partial charge in [0, 0.05) is 5.54 Å². The minimum absolute atomic E-state index is 0.0351. The van der Waals surface area contributed by atoms with E-state index in [4.69, 9.17) is 4.74 Å². The zero-order chi connectivity index (χ0) is 21.3. The summed E-state index contributed by atoms with van der Waals surface area (Å²) in [7, 11) is 0. The van der Waals surface area contributed by atoms with E-state index in [-0.39, 0.29) is 22.4 Å². The Hall–Kier alpha value is -3.55. The van der Waals surface area contributed by atoms with Gasteiger partial charge in [-0.25, -0.2) is 14.1 Å². The molecule has 1 heterocycles. The number of ether oxygens (including phenoxy) is 1. The summed E-state index contributed by atoms with van der Waals surface area (Å²) in [6, 6.07) is 8.88. The number of halogens is 1. The van der Waals surface area contributed by atoms with Gasteiger partial charge in [-0.2, -0.15) is 0 Å². The number of fused-ring (bicyclic) bond motifs is 1. The second-order valence-corrected chi connectivity index (χ2v) is 7.56. The molecule has 29 heavy (non-hydrogen) atoms. The largest absolute Gasteiger partial charge is 0.452 e. The van der Waals surface area contributed by atoms with Crippen LogP contribution in [-0.4, -0.2) is 35.8 Å². The van der Waals surface area contributed by atoms with Crippen LogP contribution in [-0.2, 0) is 9.53 Å². The van der Waals surface area contributed by atoms with Gasteiger partial charge < -0.3 is 10.1 Å². The SMILES string of the molecule is CC(C)(C)NC(=O)COC(=O)c1ccc2c(c1)C(=O)N(c1ccc(F)cc1)C2=O. The standard InChI is InChI=1S/C21H19FN2O5/c1-21(2,3)23-17(25)11-29-20(28)12-4-9-15-16(10-12)19(27)24(18(15)26)14-7-5-13(22)6-8-14/h4-10H,11H2,1-3H3,(H,23,25). The number of esters is 1. The molecule has 2 aromatic carbocycles. The fourth-order valence-electron chi connectivity index (χ4n) is 2.86. The minimum atomic E-state index is -0.794. The van der Waals surface area contributed by atoms with Crippen molar-refractivity contribution >= 4 is 29.4 Å². The molecule has 0 bridgehead atoms. The number of imide groups is 1. The van der Waals surface area contributed by atoms with E-state index in [1.165, 1.54) is 30.3 Å². The number of carbonyl (C=O) groups is 4.